The van der Waals surface area contributed by atoms with Crippen molar-refractivity contribution < 1.29 is 9.53 Å². The Morgan fingerprint density at radius 1 is 1.26 bits per heavy atom. The summed E-state index contributed by atoms with van der Waals surface area (Å²) in [6.07, 6.45) is 4.93. The summed E-state index contributed by atoms with van der Waals surface area (Å²) in [6.45, 7) is 1.65. The summed E-state index contributed by atoms with van der Waals surface area (Å²) < 4.78 is 6.99. The molecule has 1 N–H and O–H groups in total. The van der Waals surface area contributed by atoms with E-state index in [2.05, 4.69) is 20.3 Å². The van der Waals surface area contributed by atoms with Crippen molar-refractivity contribution in [2.24, 2.45) is 0 Å². The van der Waals surface area contributed by atoms with Crippen molar-refractivity contribution in [1.82, 2.24) is 24.8 Å². The highest BCUT2D eigenvalue weighted by atomic mass is 16.5. The molecular weight excluding hydrogens is 294 g/mol. The van der Waals surface area contributed by atoms with Gasteiger partial charge in [-0.1, -0.05) is 12.1 Å². The second kappa shape index (κ2) is 6.97. The fourth-order valence-corrected chi connectivity index (χ4v) is 2.21. The third-order valence-corrected chi connectivity index (χ3v) is 3.45. The van der Waals surface area contributed by atoms with E-state index >= 15 is 0 Å². The van der Waals surface area contributed by atoms with Gasteiger partial charge in [-0.15, -0.1) is 0 Å². The van der Waals surface area contributed by atoms with Crippen molar-refractivity contribution in [3.05, 3.63) is 54.4 Å². The van der Waals surface area contributed by atoms with E-state index < -0.39 is 0 Å². The Bertz CT molecular complexity index is 815. The van der Waals surface area contributed by atoms with Gasteiger partial charge in [0.15, 0.2) is 0 Å². The average molecular weight is 311 g/mol. The minimum absolute atomic E-state index is 0.261. The number of benzene rings is 1. The number of aromatic nitrogens is 4. The summed E-state index contributed by atoms with van der Waals surface area (Å²) >= 11 is 0. The van der Waals surface area contributed by atoms with Crippen molar-refractivity contribution >= 4 is 16.9 Å². The van der Waals surface area contributed by atoms with Crippen LogP contribution in [0.3, 0.4) is 0 Å². The molecule has 7 nitrogen and oxygen atoms in total. The van der Waals surface area contributed by atoms with Crippen molar-refractivity contribution in [2.75, 3.05) is 13.7 Å². The topological polar surface area (TPSA) is 81.9 Å². The Kier molecular flexibility index (Phi) is 4.58. The van der Waals surface area contributed by atoms with Gasteiger partial charge in [-0.3, -0.25) is 9.78 Å². The first kappa shape index (κ1) is 15.1. The van der Waals surface area contributed by atoms with E-state index in [0.29, 0.717) is 30.9 Å². The van der Waals surface area contributed by atoms with Crippen LogP contribution >= 0.6 is 0 Å². The van der Waals surface area contributed by atoms with Gasteiger partial charge >= 0.3 is 0 Å². The number of hydrogen-bond donors (Lipinski definition) is 1. The molecule has 118 valence electrons. The van der Waals surface area contributed by atoms with Crippen molar-refractivity contribution in [2.45, 2.75) is 13.1 Å². The highest BCUT2D eigenvalue weighted by Crippen LogP contribution is 2.08. The molecule has 0 aliphatic rings. The molecule has 0 saturated heterocycles. The van der Waals surface area contributed by atoms with Crippen LogP contribution in [0.5, 0.6) is 0 Å². The predicted octanol–water partition coefficient (Wildman–Crippen LogP) is 1.40. The van der Waals surface area contributed by atoms with Crippen LogP contribution in [0.1, 0.15) is 16.2 Å². The number of amides is 1. The first-order valence-corrected chi connectivity index (χ1v) is 7.26. The molecule has 1 aromatic carbocycles. The summed E-state index contributed by atoms with van der Waals surface area (Å²) in [7, 11) is 1.65. The smallest absolute Gasteiger partial charge is 0.271 e. The molecule has 0 bridgehead atoms. The third kappa shape index (κ3) is 3.51. The van der Waals surface area contributed by atoms with Crippen LogP contribution in [0.2, 0.25) is 0 Å². The van der Waals surface area contributed by atoms with Gasteiger partial charge in [-0.05, 0) is 12.1 Å². The van der Waals surface area contributed by atoms with Gasteiger partial charge in [-0.2, -0.15) is 0 Å². The number of carbonyl (C=O) groups is 1. The molecule has 0 atom stereocenters. The van der Waals surface area contributed by atoms with Gasteiger partial charge in [0.2, 0.25) is 0 Å². The number of rotatable bonds is 6. The number of imidazole rings is 1. The molecule has 2 heterocycles. The van der Waals surface area contributed by atoms with Crippen molar-refractivity contribution in [3.8, 4) is 0 Å². The lowest BCUT2D eigenvalue weighted by atomic mass is 10.3. The van der Waals surface area contributed by atoms with Crippen LogP contribution < -0.4 is 5.32 Å². The number of para-hydroxylation sites is 2. The van der Waals surface area contributed by atoms with Gasteiger partial charge in [0, 0.05) is 19.9 Å². The predicted molar refractivity (Wildman–Crippen MR) is 84.8 cm³/mol. The van der Waals surface area contributed by atoms with Crippen molar-refractivity contribution in [1.29, 1.82) is 0 Å². The number of carbonyl (C=O) groups excluding carboxylic acids is 1. The fraction of sp³-hybridized carbons (Fsp3) is 0.250. The zero-order valence-electron chi connectivity index (χ0n) is 12.8. The Morgan fingerprint density at radius 3 is 2.91 bits per heavy atom. The molecule has 0 spiro atoms. The molecule has 1 amide bonds. The Hall–Kier alpha value is -2.80. The summed E-state index contributed by atoms with van der Waals surface area (Å²) in [5, 5.41) is 2.84. The second-order valence-electron chi connectivity index (χ2n) is 5.00. The number of ether oxygens (including phenoxy) is 1. The van der Waals surface area contributed by atoms with Gasteiger partial charge < -0.3 is 14.6 Å². The molecule has 0 fully saturated rings. The van der Waals surface area contributed by atoms with E-state index in [1.54, 1.807) is 19.6 Å². The van der Waals surface area contributed by atoms with Gasteiger partial charge in [-0.25, -0.2) is 9.97 Å². The molecule has 2 aromatic heterocycles. The van der Waals surface area contributed by atoms with Crippen LogP contribution in [0.4, 0.5) is 0 Å². The highest BCUT2D eigenvalue weighted by molar-refractivity contribution is 5.93. The van der Waals surface area contributed by atoms with E-state index in [0.717, 1.165) is 11.2 Å². The van der Waals surface area contributed by atoms with E-state index in [1.165, 1.54) is 6.20 Å². The van der Waals surface area contributed by atoms with Gasteiger partial charge in [0.1, 0.15) is 5.69 Å². The number of nitrogens with zero attached hydrogens (tertiary/aromatic N) is 4. The minimum Gasteiger partial charge on any atom is -0.383 e. The number of nitrogens with one attached hydrogen (secondary N) is 1. The summed E-state index contributed by atoms with van der Waals surface area (Å²) in [6, 6.07) is 7.45. The molecule has 0 radical (unpaired) electrons. The van der Waals surface area contributed by atoms with E-state index in [1.807, 2.05) is 28.8 Å². The Labute approximate surface area is 133 Å². The minimum atomic E-state index is -0.261. The van der Waals surface area contributed by atoms with E-state index in [-0.39, 0.29) is 5.91 Å². The Balaban J connectivity index is 1.67. The fourth-order valence-electron chi connectivity index (χ4n) is 2.21. The maximum atomic E-state index is 12.2. The first-order valence-electron chi connectivity index (χ1n) is 7.26. The van der Waals surface area contributed by atoms with E-state index in [9.17, 15) is 4.79 Å². The lowest BCUT2D eigenvalue weighted by Crippen LogP contribution is -2.25. The standard InChI is InChI=1S/C16H17N5O2/c1-23-7-6-21-11-17-8-12(21)9-19-16(22)15-10-18-13-4-2-3-5-14(13)20-15/h2-5,8,10-11H,6-7,9H2,1H3,(H,19,22). The molecule has 0 aliphatic heterocycles. The monoisotopic (exact) mass is 311 g/mol. The van der Waals surface area contributed by atoms with Crippen molar-refractivity contribution in [3.63, 3.8) is 0 Å². The molecule has 0 saturated carbocycles. The lowest BCUT2D eigenvalue weighted by molar-refractivity contribution is 0.0945. The quantitative estimate of drug-likeness (QED) is 0.744. The molecule has 7 heteroatoms. The normalized spacial score (nSPS) is 10.8. The zero-order chi connectivity index (χ0) is 16.1. The molecule has 3 rings (SSSR count). The molecule has 0 aliphatic carbocycles. The maximum absolute atomic E-state index is 12.2. The Morgan fingerprint density at radius 2 is 2.09 bits per heavy atom. The number of methoxy groups -OCH3 is 1. The van der Waals surface area contributed by atoms with Crippen LogP contribution in [0.15, 0.2) is 43.0 Å². The average Bonchev–Trinajstić information content (AvgIpc) is 3.04. The van der Waals surface area contributed by atoms with E-state index in [4.69, 9.17) is 4.74 Å². The maximum Gasteiger partial charge on any atom is 0.271 e. The summed E-state index contributed by atoms with van der Waals surface area (Å²) in [4.78, 5) is 24.9. The molecule has 0 unspecified atom stereocenters. The van der Waals surface area contributed by atoms with Gasteiger partial charge in [0.25, 0.3) is 5.91 Å². The first-order chi connectivity index (χ1) is 11.3. The molecular formula is C16H17N5O2. The second-order valence-corrected chi connectivity index (χ2v) is 5.00. The summed E-state index contributed by atoms with van der Waals surface area (Å²) in [5.74, 6) is -0.261. The van der Waals surface area contributed by atoms with Crippen LogP contribution in [-0.2, 0) is 17.8 Å². The van der Waals surface area contributed by atoms with Crippen LogP contribution in [-0.4, -0.2) is 39.1 Å². The van der Waals surface area contributed by atoms with Crippen LogP contribution in [0.25, 0.3) is 11.0 Å². The number of fused-ring (bicyclic) bond motifs is 1. The lowest BCUT2D eigenvalue weighted by Gasteiger charge is -2.08. The SMILES string of the molecule is COCCn1cncc1CNC(=O)c1cnc2ccccc2n1. The third-order valence-electron chi connectivity index (χ3n) is 3.45. The molecule has 3 aromatic rings. The number of hydrogen-bond acceptors (Lipinski definition) is 5. The largest absolute Gasteiger partial charge is 0.383 e. The van der Waals surface area contributed by atoms with Crippen LogP contribution in [0, 0.1) is 0 Å². The molecule has 23 heavy (non-hydrogen) atoms. The highest BCUT2D eigenvalue weighted by Gasteiger charge is 2.10. The summed E-state index contributed by atoms with van der Waals surface area (Å²) in [5.41, 5.74) is 2.67. The van der Waals surface area contributed by atoms with Gasteiger partial charge in [0.05, 0.1) is 42.4 Å². The zero-order valence-corrected chi connectivity index (χ0v) is 12.8.